The van der Waals surface area contributed by atoms with Gasteiger partial charge in [-0.3, -0.25) is 4.98 Å². The Kier molecular flexibility index (Phi) is 2.99. The van der Waals surface area contributed by atoms with Crippen LogP contribution in [0.1, 0.15) is 33.3 Å². The topological polar surface area (TPSA) is 51.6 Å². The van der Waals surface area contributed by atoms with Crippen molar-refractivity contribution in [2.45, 2.75) is 38.9 Å². The largest absolute Gasteiger partial charge is 0.515 e. The Balaban J connectivity index is 2.38. The maximum Gasteiger partial charge on any atom is 0.515 e. The fraction of sp³-hybridized carbons (Fsp3) is 0.462. The summed E-state index contributed by atoms with van der Waals surface area (Å²) in [5, 5.41) is 9.42. The number of nitrogens with zero attached hydrogens (tertiary/aromatic N) is 1. The zero-order valence-corrected chi connectivity index (χ0v) is 11.2. The molecule has 1 saturated heterocycles. The summed E-state index contributed by atoms with van der Waals surface area (Å²) in [4.78, 5) is 4.19. The molecule has 5 heteroatoms. The van der Waals surface area contributed by atoms with E-state index in [2.05, 4.69) is 11.6 Å². The molecule has 18 heavy (non-hydrogen) atoms. The van der Waals surface area contributed by atoms with Crippen molar-refractivity contribution in [2.75, 3.05) is 0 Å². The predicted molar refractivity (Wildman–Crippen MR) is 71.7 cm³/mol. The lowest BCUT2D eigenvalue weighted by Crippen LogP contribution is -2.41. The highest BCUT2D eigenvalue weighted by Gasteiger charge is 2.52. The Labute approximate surface area is 108 Å². The van der Waals surface area contributed by atoms with Crippen molar-refractivity contribution in [3.8, 4) is 5.75 Å². The van der Waals surface area contributed by atoms with E-state index in [0.29, 0.717) is 11.2 Å². The second kappa shape index (κ2) is 4.11. The molecule has 0 atom stereocenters. The van der Waals surface area contributed by atoms with Gasteiger partial charge in [-0.1, -0.05) is 12.7 Å². The molecule has 1 aromatic rings. The second-order valence-corrected chi connectivity index (χ2v) is 5.46. The third-order valence-corrected chi connectivity index (χ3v) is 3.63. The average molecular weight is 247 g/mol. The molecule has 1 aromatic heterocycles. The number of rotatable bonds is 2. The van der Waals surface area contributed by atoms with Crippen molar-refractivity contribution in [3.63, 3.8) is 0 Å². The second-order valence-electron chi connectivity index (χ2n) is 5.46. The van der Waals surface area contributed by atoms with Crippen LogP contribution in [-0.4, -0.2) is 28.4 Å². The van der Waals surface area contributed by atoms with Crippen LogP contribution in [0.3, 0.4) is 0 Å². The van der Waals surface area contributed by atoms with Crippen molar-refractivity contribution >= 4 is 18.8 Å². The summed E-state index contributed by atoms with van der Waals surface area (Å²) in [5.74, 6) is 0.102. The highest BCUT2D eigenvalue weighted by Crippen LogP contribution is 2.36. The lowest BCUT2D eigenvalue weighted by Gasteiger charge is -2.32. The highest BCUT2D eigenvalue weighted by atomic mass is 16.7. The van der Waals surface area contributed by atoms with Gasteiger partial charge in [0.15, 0.2) is 0 Å². The standard InChI is InChI=1S/C13H18BNO3/c1-6-9-7-10(16)8-15-11(9)14-17-12(2,3)13(4,5)18-14/h6-8,16H,1H2,2-5H3. The molecule has 1 aliphatic heterocycles. The summed E-state index contributed by atoms with van der Waals surface area (Å²) in [6.45, 7) is 11.7. The first kappa shape index (κ1) is 13.1. The molecule has 2 rings (SSSR count). The van der Waals surface area contributed by atoms with Crippen molar-refractivity contribution in [1.82, 2.24) is 4.98 Å². The molecule has 0 aliphatic carbocycles. The first-order valence-corrected chi connectivity index (χ1v) is 5.94. The number of hydrogen-bond donors (Lipinski definition) is 1. The summed E-state index contributed by atoms with van der Waals surface area (Å²) in [6.07, 6.45) is 3.01. The van der Waals surface area contributed by atoms with E-state index in [1.165, 1.54) is 6.20 Å². The van der Waals surface area contributed by atoms with E-state index in [4.69, 9.17) is 9.31 Å². The van der Waals surface area contributed by atoms with Crippen LogP contribution in [0.2, 0.25) is 0 Å². The van der Waals surface area contributed by atoms with Crippen LogP contribution in [0.25, 0.3) is 6.08 Å². The molecule has 96 valence electrons. The van der Waals surface area contributed by atoms with Gasteiger partial charge < -0.3 is 14.4 Å². The van der Waals surface area contributed by atoms with Gasteiger partial charge in [-0.05, 0) is 39.3 Å². The summed E-state index contributed by atoms with van der Waals surface area (Å²) in [6, 6.07) is 1.60. The fourth-order valence-corrected chi connectivity index (χ4v) is 1.80. The third-order valence-electron chi connectivity index (χ3n) is 3.63. The summed E-state index contributed by atoms with van der Waals surface area (Å²) < 4.78 is 11.8. The first-order chi connectivity index (χ1) is 8.27. The minimum atomic E-state index is -0.538. The van der Waals surface area contributed by atoms with Crippen LogP contribution in [0.4, 0.5) is 0 Å². The fourth-order valence-electron chi connectivity index (χ4n) is 1.80. The van der Waals surface area contributed by atoms with Crippen LogP contribution < -0.4 is 5.59 Å². The third kappa shape index (κ3) is 2.04. The van der Waals surface area contributed by atoms with Gasteiger partial charge in [-0.15, -0.1) is 0 Å². The molecule has 2 heterocycles. The summed E-state index contributed by atoms with van der Waals surface area (Å²) >= 11 is 0. The minimum absolute atomic E-state index is 0.102. The Morgan fingerprint density at radius 1 is 1.28 bits per heavy atom. The molecule has 0 bridgehead atoms. The number of hydrogen-bond acceptors (Lipinski definition) is 4. The van der Waals surface area contributed by atoms with Gasteiger partial charge >= 0.3 is 7.12 Å². The lowest BCUT2D eigenvalue weighted by molar-refractivity contribution is 0.00578. The van der Waals surface area contributed by atoms with E-state index in [-0.39, 0.29) is 5.75 Å². The molecule has 0 unspecified atom stereocenters. The minimum Gasteiger partial charge on any atom is -0.506 e. The zero-order valence-electron chi connectivity index (χ0n) is 11.2. The smallest absolute Gasteiger partial charge is 0.506 e. The Bertz CT molecular complexity index is 469. The van der Waals surface area contributed by atoms with E-state index in [1.54, 1.807) is 12.1 Å². The van der Waals surface area contributed by atoms with Crippen molar-refractivity contribution in [1.29, 1.82) is 0 Å². The monoisotopic (exact) mass is 247 g/mol. The summed E-state index contributed by atoms with van der Waals surface area (Å²) in [7, 11) is -0.538. The van der Waals surface area contributed by atoms with Crippen molar-refractivity contribution in [2.24, 2.45) is 0 Å². The zero-order chi connectivity index (χ0) is 13.6. The van der Waals surface area contributed by atoms with Gasteiger partial charge in [0.1, 0.15) is 5.75 Å². The van der Waals surface area contributed by atoms with Gasteiger partial charge in [0.2, 0.25) is 0 Å². The molecule has 4 nitrogen and oxygen atoms in total. The predicted octanol–water partition coefficient (Wildman–Crippen LogP) is 1.73. The van der Waals surface area contributed by atoms with Gasteiger partial charge in [-0.25, -0.2) is 0 Å². The SMILES string of the molecule is C=Cc1cc(O)cnc1B1OC(C)(C)C(C)(C)O1. The molecule has 1 fully saturated rings. The van der Waals surface area contributed by atoms with Crippen LogP contribution in [-0.2, 0) is 9.31 Å². The van der Waals surface area contributed by atoms with E-state index >= 15 is 0 Å². The molecular formula is C13H18BNO3. The molecule has 1 N–H and O–H groups in total. The Morgan fingerprint density at radius 2 is 1.83 bits per heavy atom. The number of pyridine rings is 1. The van der Waals surface area contributed by atoms with Gasteiger partial charge in [0.25, 0.3) is 0 Å². The number of aromatic hydroxyl groups is 1. The highest BCUT2D eigenvalue weighted by molar-refractivity contribution is 6.62. The summed E-state index contributed by atoms with van der Waals surface area (Å²) in [5.41, 5.74) is 0.542. The Hall–Kier alpha value is -1.33. The molecule has 0 saturated carbocycles. The van der Waals surface area contributed by atoms with E-state index < -0.39 is 18.3 Å². The molecule has 0 amide bonds. The molecule has 0 radical (unpaired) electrons. The lowest BCUT2D eigenvalue weighted by atomic mass is 9.81. The first-order valence-electron chi connectivity index (χ1n) is 5.94. The van der Waals surface area contributed by atoms with Crippen molar-refractivity contribution in [3.05, 3.63) is 24.4 Å². The number of aromatic nitrogens is 1. The van der Waals surface area contributed by atoms with E-state index in [1.807, 2.05) is 27.7 Å². The maximum absolute atomic E-state index is 9.42. The molecule has 1 aliphatic rings. The van der Waals surface area contributed by atoms with Gasteiger partial charge in [0, 0.05) is 0 Å². The van der Waals surface area contributed by atoms with Crippen LogP contribution in [0.15, 0.2) is 18.8 Å². The molecule has 0 aromatic carbocycles. The van der Waals surface area contributed by atoms with Crippen LogP contribution in [0.5, 0.6) is 5.75 Å². The normalized spacial score (nSPS) is 21.0. The van der Waals surface area contributed by atoms with Gasteiger partial charge in [-0.2, -0.15) is 0 Å². The Morgan fingerprint density at radius 3 is 2.33 bits per heavy atom. The quantitative estimate of drug-likeness (QED) is 0.808. The maximum atomic E-state index is 9.42. The average Bonchev–Trinajstić information content (AvgIpc) is 2.47. The van der Waals surface area contributed by atoms with E-state index in [0.717, 1.165) is 0 Å². The van der Waals surface area contributed by atoms with Crippen molar-refractivity contribution < 1.29 is 14.4 Å². The van der Waals surface area contributed by atoms with Crippen LogP contribution in [0, 0.1) is 0 Å². The van der Waals surface area contributed by atoms with Gasteiger partial charge in [0.05, 0.1) is 23.0 Å². The molecular weight excluding hydrogens is 229 g/mol. The molecule has 0 spiro atoms. The van der Waals surface area contributed by atoms with Crippen LogP contribution >= 0.6 is 0 Å². The van der Waals surface area contributed by atoms with E-state index in [9.17, 15) is 5.11 Å².